The van der Waals surface area contributed by atoms with E-state index in [1.807, 2.05) is 27.7 Å². The van der Waals surface area contributed by atoms with Gasteiger partial charge in [0, 0.05) is 11.6 Å². The van der Waals surface area contributed by atoms with Crippen LogP contribution >= 0.6 is 24.0 Å². The molecule has 1 N–H and O–H groups in total. The Kier molecular flexibility index (Phi) is 5.99. The fourth-order valence-electron chi connectivity index (χ4n) is 3.96. The van der Waals surface area contributed by atoms with Crippen molar-refractivity contribution in [3.8, 4) is 0 Å². The molecule has 0 radical (unpaired) electrons. The predicted molar refractivity (Wildman–Crippen MR) is 107 cm³/mol. The SMILES string of the molecule is C/C(CC(C)C)=N\NC(=S)SCN1C(=O)[C@H]2CC[C@@](C)(C1=O)C2(C)C. The Morgan fingerprint density at radius 2 is 2.04 bits per heavy atom. The molecule has 7 heteroatoms. The standard InChI is InChI=1S/C18H29N3O2S2/c1-11(2)9-12(3)19-20-16(24)25-10-21-14(22)13-7-8-18(6,15(21)23)17(13,4)5/h11,13H,7-10H2,1-6H3,(H,20,24)/b19-12+/t13-,18+/m1/s1. The van der Waals surface area contributed by atoms with Gasteiger partial charge in [0.25, 0.3) is 0 Å². The van der Waals surface area contributed by atoms with Crippen LogP contribution in [0.2, 0.25) is 0 Å². The smallest absolute Gasteiger partial charge is 0.236 e. The van der Waals surface area contributed by atoms with Crippen LogP contribution in [0.4, 0.5) is 0 Å². The molecule has 0 spiro atoms. The topological polar surface area (TPSA) is 61.8 Å². The number of carbonyl (C=O) groups excluding carboxylic acids is 2. The quantitative estimate of drug-likeness (QED) is 0.339. The average molecular weight is 384 g/mol. The number of imide groups is 1. The van der Waals surface area contributed by atoms with Crippen LogP contribution in [-0.4, -0.2) is 32.6 Å². The summed E-state index contributed by atoms with van der Waals surface area (Å²) >= 11 is 6.55. The lowest BCUT2D eigenvalue weighted by atomic mass is 9.62. The maximum Gasteiger partial charge on any atom is 0.236 e. The molecule has 2 rings (SSSR count). The van der Waals surface area contributed by atoms with E-state index in [9.17, 15) is 9.59 Å². The second kappa shape index (κ2) is 7.35. The summed E-state index contributed by atoms with van der Waals surface area (Å²) in [5.41, 5.74) is 3.09. The van der Waals surface area contributed by atoms with Gasteiger partial charge in [0.15, 0.2) is 4.32 Å². The highest BCUT2D eigenvalue weighted by Crippen LogP contribution is 2.60. The van der Waals surface area contributed by atoms with Crippen LogP contribution in [0.3, 0.4) is 0 Å². The Bertz CT molecular complexity index is 615. The van der Waals surface area contributed by atoms with Crippen LogP contribution in [-0.2, 0) is 9.59 Å². The van der Waals surface area contributed by atoms with E-state index in [0.29, 0.717) is 10.2 Å². The van der Waals surface area contributed by atoms with Crippen LogP contribution in [0.5, 0.6) is 0 Å². The molecule has 5 nitrogen and oxygen atoms in total. The largest absolute Gasteiger partial charge is 0.274 e. The lowest BCUT2D eigenvalue weighted by Gasteiger charge is -2.47. The van der Waals surface area contributed by atoms with Gasteiger partial charge in [-0.25, -0.2) is 0 Å². The number of fused-ring (bicyclic) bond motifs is 2. The molecule has 2 atom stereocenters. The van der Waals surface area contributed by atoms with Crippen molar-refractivity contribution < 1.29 is 9.59 Å². The van der Waals surface area contributed by atoms with Gasteiger partial charge in [0.1, 0.15) is 0 Å². The van der Waals surface area contributed by atoms with Crippen LogP contribution in [0.25, 0.3) is 0 Å². The summed E-state index contributed by atoms with van der Waals surface area (Å²) in [5.74, 6) is 0.592. The van der Waals surface area contributed by atoms with E-state index in [1.54, 1.807) is 0 Å². The number of thiocarbonyl (C=S) groups is 1. The number of rotatable bonds is 5. The van der Waals surface area contributed by atoms with Crippen LogP contribution < -0.4 is 5.43 Å². The van der Waals surface area contributed by atoms with Gasteiger partial charge in [-0.15, -0.1) is 0 Å². The minimum Gasteiger partial charge on any atom is -0.274 e. The third kappa shape index (κ3) is 3.77. The van der Waals surface area contributed by atoms with Crippen molar-refractivity contribution in [2.45, 2.75) is 60.8 Å². The van der Waals surface area contributed by atoms with Crippen LogP contribution in [0.1, 0.15) is 60.8 Å². The summed E-state index contributed by atoms with van der Waals surface area (Å²) in [4.78, 5) is 27.1. The number of nitrogens with one attached hydrogen (secondary N) is 1. The van der Waals surface area contributed by atoms with Crippen molar-refractivity contribution in [2.24, 2.45) is 27.8 Å². The summed E-state index contributed by atoms with van der Waals surface area (Å²) in [5, 5.41) is 4.26. The minimum atomic E-state index is -0.465. The Morgan fingerprint density at radius 1 is 1.40 bits per heavy atom. The lowest BCUT2D eigenvalue weighted by Crippen LogP contribution is -2.58. The highest BCUT2D eigenvalue weighted by Gasteiger charge is 2.64. The van der Waals surface area contributed by atoms with Crippen molar-refractivity contribution in [1.29, 1.82) is 0 Å². The molecule has 0 aromatic rings. The maximum absolute atomic E-state index is 12.9. The number of hydrogen-bond donors (Lipinski definition) is 1. The van der Waals surface area contributed by atoms with Crippen LogP contribution in [0.15, 0.2) is 5.10 Å². The number of likely N-dealkylation sites (tertiary alicyclic amines) is 1. The van der Waals surface area contributed by atoms with E-state index >= 15 is 0 Å². The molecule has 2 aliphatic rings. The molecule has 2 amide bonds. The third-order valence-electron chi connectivity index (χ3n) is 5.87. The molecule has 1 aliphatic carbocycles. The fraction of sp³-hybridized carbons (Fsp3) is 0.778. The normalized spacial score (nSPS) is 28.7. The van der Waals surface area contributed by atoms with Gasteiger partial charge in [0.05, 0.1) is 11.3 Å². The number of carbonyl (C=O) groups is 2. The van der Waals surface area contributed by atoms with E-state index in [0.717, 1.165) is 25.0 Å². The Balaban J connectivity index is 1.97. The first kappa shape index (κ1) is 20.4. The predicted octanol–water partition coefficient (Wildman–Crippen LogP) is 3.78. The third-order valence-corrected chi connectivity index (χ3v) is 7.06. The molecule has 0 aromatic heterocycles. The molecular formula is C18H29N3O2S2. The number of nitrogens with zero attached hydrogens (tertiary/aromatic N) is 2. The highest BCUT2D eigenvalue weighted by molar-refractivity contribution is 8.22. The summed E-state index contributed by atoms with van der Waals surface area (Å²) < 4.78 is 0.478. The molecule has 2 fully saturated rings. The van der Waals surface area contributed by atoms with E-state index < -0.39 is 5.41 Å². The van der Waals surface area contributed by atoms with E-state index in [4.69, 9.17) is 12.2 Å². The van der Waals surface area contributed by atoms with Gasteiger partial charge in [0.2, 0.25) is 11.8 Å². The van der Waals surface area contributed by atoms with Crippen LogP contribution in [0, 0.1) is 22.7 Å². The van der Waals surface area contributed by atoms with Crippen molar-refractivity contribution in [2.75, 3.05) is 5.88 Å². The van der Waals surface area contributed by atoms with Crippen molar-refractivity contribution in [1.82, 2.24) is 10.3 Å². The zero-order chi connectivity index (χ0) is 19.0. The van der Waals surface area contributed by atoms with E-state index in [1.165, 1.54) is 16.7 Å². The van der Waals surface area contributed by atoms with Crippen molar-refractivity contribution in [3.05, 3.63) is 0 Å². The molecule has 25 heavy (non-hydrogen) atoms. The monoisotopic (exact) mass is 383 g/mol. The molecule has 0 aromatic carbocycles. The molecule has 140 valence electrons. The number of piperidine rings is 1. The Morgan fingerprint density at radius 3 is 2.64 bits per heavy atom. The average Bonchev–Trinajstić information content (AvgIpc) is 2.69. The van der Waals surface area contributed by atoms with E-state index in [2.05, 4.69) is 24.4 Å². The number of hydrogen-bond acceptors (Lipinski definition) is 5. The summed E-state index contributed by atoms with van der Waals surface area (Å²) in [6.07, 6.45) is 2.47. The second-order valence-electron chi connectivity index (χ2n) is 8.33. The number of thioether (sulfide) groups is 1. The Hall–Kier alpha value is -0.950. The van der Waals surface area contributed by atoms with Gasteiger partial charge in [-0.2, -0.15) is 5.10 Å². The first-order valence-electron chi connectivity index (χ1n) is 8.82. The Labute approximate surface area is 160 Å². The summed E-state index contributed by atoms with van der Waals surface area (Å²) in [6.45, 7) is 12.3. The molecule has 0 unspecified atom stereocenters. The maximum atomic E-state index is 12.9. The second-order valence-corrected chi connectivity index (χ2v) is 9.96. The molecule has 1 saturated heterocycles. The van der Waals surface area contributed by atoms with Gasteiger partial charge in [-0.1, -0.05) is 58.6 Å². The fourth-order valence-corrected chi connectivity index (χ4v) is 4.76. The first-order chi connectivity index (χ1) is 11.5. The molecule has 2 bridgehead atoms. The van der Waals surface area contributed by atoms with Gasteiger partial charge >= 0.3 is 0 Å². The first-order valence-corrected chi connectivity index (χ1v) is 10.2. The molecule has 1 heterocycles. The molecule has 1 saturated carbocycles. The zero-order valence-corrected chi connectivity index (χ0v) is 17.6. The van der Waals surface area contributed by atoms with Crippen molar-refractivity contribution in [3.63, 3.8) is 0 Å². The number of hydrazone groups is 1. The lowest BCUT2D eigenvalue weighted by molar-refractivity contribution is -0.166. The summed E-state index contributed by atoms with van der Waals surface area (Å²) in [7, 11) is 0. The zero-order valence-electron chi connectivity index (χ0n) is 16.0. The van der Waals surface area contributed by atoms with E-state index in [-0.39, 0.29) is 29.0 Å². The molecule has 1 aliphatic heterocycles. The van der Waals surface area contributed by atoms with Crippen molar-refractivity contribution >= 4 is 45.8 Å². The number of amides is 2. The van der Waals surface area contributed by atoms with Gasteiger partial charge < -0.3 is 0 Å². The van der Waals surface area contributed by atoms with Gasteiger partial charge in [-0.3, -0.25) is 19.9 Å². The molecular weight excluding hydrogens is 354 g/mol. The van der Waals surface area contributed by atoms with Gasteiger partial charge in [-0.05, 0) is 37.5 Å². The highest BCUT2D eigenvalue weighted by atomic mass is 32.2. The summed E-state index contributed by atoms with van der Waals surface area (Å²) in [6, 6.07) is 0. The minimum absolute atomic E-state index is 0.0558.